The molecular formula is C21H27N3O2. The van der Waals surface area contributed by atoms with Crippen molar-refractivity contribution >= 4 is 6.09 Å². The van der Waals surface area contributed by atoms with Gasteiger partial charge in [0.2, 0.25) is 0 Å². The highest BCUT2D eigenvalue weighted by Crippen LogP contribution is 2.29. The molecule has 0 fully saturated rings. The molecule has 0 bridgehead atoms. The third kappa shape index (κ3) is 5.09. The zero-order chi connectivity index (χ0) is 19.2. The Kier molecular flexibility index (Phi) is 6.39. The van der Waals surface area contributed by atoms with E-state index in [0.29, 0.717) is 13.0 Å². The summed E-state index contributed by atoms with van der Waals surface area (Å²) in [4.78, 5) is 16.9. The van der Waals surface area contributed by atoms with Crippen LogP contribution in [0.1, 0.15) is 38.9 Å². The summed E-state index contributed by atoms with van der Waals surface area (Å²) in [6.45, 7) is 13.8. The van der Waals surface area contributed by atoms with Crippen molar-refractivity contribution in [2.75, 3.05) is 0 Å². The fourth-order valence-electron chi connectivity index (χ4n) is 2.72. The summed E-state index contributed by atoms with van der Waals surface area (Å²) in [6, 6.07) is 9.60. The lowest BCUT2D eigenvalue weighted by molar-refractivity contribution is 0.0502. The number of hydrogen-bond donors (Lipinski definition) is 1. The molecule has 1 amide bonds. The number of amides is 1. The predicted octanol–water partition coefficient (Wildman–Crippen LogP) is 4.88. The van der Waals surface area contributed by atoms with Crippen molar-refractivity contribution in [2.45, 2.75) is 45.4 Å². The van der Waals surface area contributed by atoms with Crippen LogP contribution >= 0.6 is 0 Å². The van der Waals surface area contributed by atoms with E-state index < -0.39 is 11.7 Å². The van der Waals surface area contributed by atoms with Crippen molar-refractivity contribution in [2.24, 2.45) is 0 Å². The number of carbonyl (C=O) groups excluding carboxylic acids is 1. The number of benzene rings is 1. The van der Waals surface area contributed by atoms with E-state index in [0.717, 1.165) is 17.0 Å². The minimum Gasteiger partial charge on any atom is -0.444 e. The SMILES string of the molecule is C=CCC(NC(=O)OC(C)(C)C)c1c(-c2ccccc2)ncn1CC=C. The van der Waals surface area contributed by atoms with Gasteiger partial charge in [0.15, 0.2) is 0 Å². The second-order valence-electron chi connectivity index (χ2n) is 7.01. The highest BCUT2D eigenvalue weighted by molar-refractivity contribution is 5.70. The highest BCUT2D eigenvalue weighted by atomic mass is 16.6. The summed E-state index contributed by atoms with van der Waals surface area (Å²) in [6.07, 6.45) is 5.45. The molecule has 0 aliphatic rings. The molecule has 5 nitrogen and oxygen atoms in total. The van der Waals surface area contributed by atoms with Crippen LogP contribution in [0, 0.1) is 0 Å². The van der Waals surface area contributed by atoms with Gasteiger partial charge >= 0.3 is 6.09 Å². The Hall–Kier alpha value is -2.82. The van der Waals surface area contributed by atoms with Crippen LogP contribution in [0.4, 0.5) is 4.79 Å². The van der Waals surface area contributed by atoms with E-state index in [1.165, 1.54) is 0 Å². The van der Waals surface area contributed by atoms with Gasteiger partial charge in [-0.05, 0) is 27.2 Å². The van der Waals surface area contributed by atoms with E-state index in [2.05, 4.69) is 23.5 Å². The minimum absolute atomic E-state index is 0.306. The number of nitrogens with zero attached hydrogens (tertiary/aromatic N) is 2. The maximum absolute atomic E-state index is 12.3. The first-order valence-corrected chi connectivity index (χ1v) is 8.67. The van der Waals surface area contributed by atoms with Crippen LogP contribution in [-0.2, 0) is 11.3 Å². The molecule has 1 N–H and O–H groups in total. The van der Waals surface area contributed by atoms with Crippen LogP contribution in [0.5, 0.6) is 0 Å². The molecule has 0 aliphatic heterocycles. The van der Waals surface area contributed by atoms with E-state index >= 15 is 0 Å². The van der Waals surface area contributed by atoms with Crippen LogP contribution in [0.3, 0.4) is 0 Å². The normalized spacial score (nSPS) is 12.3. The number of ether oxygens (including phenoxy) is 1. The number of rotatable bonds is 7. The summed E-state index contributed by atoms with van der Waals surface area (Å²) in [5, 5.41) is 2.96. The number of allylic oxidation sites excluding steroid dienone is 1. The lowest BCUT2D eigenvalue weighted by Gasteiger charge is -2.24. The van der Waals surface area contributed by atoms with Gasteiger partial charge in [-0.25, -0.2) is 9.78 Å². The number of hydrogen-bond acceptors (Lipinski definition) is 3. The molecule has 138 valence electrons. The lowest BCUT2D eigenvalue weighted by atomic mass is 10.0. The van der Waals surface area contributed by atoms with E-state index in [9.17, 15) is 4.79 Å². The molecule has 1 heterocycles. The van der Waals surface area contributed by atoms with Crippen molar-refractivity contribution in [3.05, 3.63) is 67.7 Å². The van der Waals surface area contributed by atoms with Crippen molar-refractivity contribution < 1.29 is 9.53 Å². The largest absolute Gasteiger partial charge is 0.444 e. The minimum atomic E-state index is -0.563. The standard InChI is InChI=1S/C21H27N3O2/c1-6-11-17(23-20(25)26-21(3,4)5)19-18(16-12-9-8-10-13-16)22-15-24(19)14-7-2/h6-10,12-13,15,17H,1-2,11,14H2,3-5H3,(H,23,25). The molecule has 2 aromatic rings. The van der Waals surface area contributed by atoms with Crippen molar-refractivity contribution in [1.29, 1.82) is 0 Å². The Morgan fingerprint density at radius 1 is 1.27 bits per heavy atom. The summed E-state index contributed by atoms with van der Waals surface area (Å²) in [5.74, 6) is 0. The van der Waals surface area contributed by atoms with Gasteiger partial charge < -0.3 is 14.6 Å². The van der Waals surface area contributed by atoms with Gasteiger partial charge in [-0.2, -0.15) is 0 Å². The van der Waals surface area contributed by atoms with E-state index in [-0.39, 0.29) is 6.04 Å². The number of nitrogens with one attached hydrogen (secondary N) is 1. The molecule has 1 atom stereocenters. The molecule has 5 heteroatoms. The third-order valence-corrected chi connectivity index (χ3v) is 3.67. The Bertz CT molecular complexity index is 757. The van der Waals surface area contributed by atoms with Crippen LogP contribution in [0.15, 0.2) is 62.0 Å². The fraction of sp³-hybridized carbons (Fsp3) is 0.333. The summed E-state index contributed by atoms with van der Waals surface area (Å²) in [7, 11) is 0. The van der Waals surface area contributed by atoms with Gasteiger partial charge in [-0.15, -0.1) is 13.2 Å². The van der Waals surface area contributed by atoms with Gasteiger partial charge in [0, 0.05) is 12.1 Å². The second kappa shape index (κ2) is 8.52. The monoisotopic (exact) mass is 353 g/mol. The third-order valence-electron chi connectivity index (χ3n) is 3.67. The zero-order valence-electron chi connectivity index (χ0n) is 15.7. The Morgan fingerprint density at radius 3 is 2.54 bits per heavy atom. The molecule has 0 aliphatic carbocycles. The number of imidazole rings is 1. The molecule has 0 spiro atoms. The molecule has 1 aromatic carbocycles. The highest BCUT2D eigenvalue weighted by Gasteiger charge is 2.25. The molecule has 1 aromatic heterocycles. The first-order chi connectivity index (χ1) is 12.4. The van der Waals surface area contributed by atoms with Crippen molar-refractivity contribution in [3.8, 4) is 11.3 Å². The Morgan fingerprint density at radius 2 is 1.96 bits per heavy atom. The summed E-state index contributed by atoms with van der Waals surface area (Å²) < 4.78 is 7.41. The number of carbonyl (C=O) groups is 1. The Labute approximate surface area is 155 Å². The van der Waals surface area contributed by atoms with Gasteiger partial charge in [0.1, 0.15) is 5.60 Å². The summed E-state index contributed by atoms with van der Waals surface area (Å²) in [5.41, 5.74) is 2.16. The first-order valence-electron chi connectivity index (χ1n) is 8.67. The maximum atomic E-state index is 12.3. The van der Waals surface area contributed by atoms with Crippen molar-refractivity contribution in [3.63, 3.8) is 0 Å². The molecule has 1 unspecified atom stereocenters. The van der Waals surface area contributed by atoms with Gasteiger partial charge in [-0.1, -0.05) is 42.5 Å². The molecule has 26 heavy (non-hydrogen) atoms. The zero-order valence-corrected chi connectivity index (χ0v) is 15.7. The topological polar surface area (TPSA) is 56.1 Å². The van der Waals surface area contributed by atoms with Crippen LogP contribution < -0.4 is 5.32 Å². The van der Waals surface area contributed by atoms with Crippen LogP contribution in [0.2, 0.25) is 0 Å². The molecule has 0 saturated carbocycles. The van der Waals surface area contributed by atoms with Crippen LogP contribution in [0.25, 0.3) is 11.3 Å². The van der Waals surface area contributed by atoms with Gasteiger partial charge in [-0.3, -0.25) is 0 Å². The molecule has 2 rings (SSSR count). The molecule has 0 saturated heterocycles. The maximum Gasteiger partial charge on any atom is 0.408 e. The molecular weight excluding hydrogens is 326 g/mol. The average molecular weight is 353 g/mol. The number of alkyl carbamates (subject to hydrolysis) is 1. The van der Waals surface area contributed by atoms with Gasteiger partial charge in [0.05, 0.1) is 23.8 Å². The quantitative estimate of drug-likeness (QED) is 0.722. The number of aromatic nitrogens is 2. The summed E-state index contributed by atoms with van der Waals surface area (Å²) >= 11 is 0. The molecule has 0 radical (unpaired) electrons. The van der Waals surface area contributed by atoms with E-state index in [1.807, 2.05) is 55.7 Å². The second-order valence-corrected chi connectivity index (χ2v) is 7.01. The van der Waals surface area contributed by atoms with Crippen LogP contribution in [-0.4, -0.2) is 21.2 Å². The lowest BCUT2D eigenvalue weighted by Crippen LogP contribution is -2.35. The fourth-order valence-corrected chi connectivity index (χ4v) is 2.72. The van der Waals surface area contributed by atoms with Gasteiger partial charge in [0.25, 0.3) is 0 Å². The average Bonchev–Trinajstić information content (AvgIpc) is 2.97. The smallest absolute Gasteiger partial charge is 0.408 e. The van der Waals surface area contributed by atoms with E-state index in [1.54, 1.807) is 18.5 Å². The predicted molar refractivity (Wildman–Crippen MR) is 105 cm³/mol. The van der Waals surface area contributed by atoms with Crippen molar-refractivity contribution in [1.82, 2.24) is 14.9 Å². The van der Waals surface area contributed by atoms with E-state index in [4.69, 9.17) is 4.74 Å². The first kappa shape index (κ1) is 19.5. The Balaban J connectivity index is 2.42.